The SMILES string of the molecule is CC1CN(C(=O)Nc2cccc(N(C)C)n2)CC(c2ccsc2)O1. The number of nitrogens with zero attached hydrogens (tertiary/aromatic N) is 3. The summed E-state index contributed by atoms with van der Waals surface area (Å²) in [6.07, 6.45) is -0.0812. The summed E-state index contributed by atoms with van der Waals surface area (Å²) in [5.41, 5.74) is 1.12. The molecule has 0 spiro atoms. The Kier molecular flexibility index (Phi) is 5.01. The molecule has 1 saturated heterocycles. The summed E-state index contributed by atoms with van der Waals surface area (Å²) >= 11 is 1.64. The van der Waals surface area contributed by atoms with Crippen molar-refractivity contribution in [1.29, 1.82) is 0 Å². The number of thiophene rings is 1. The van der Waals surface area contributed by atoms with Crippen molar-refractivity contribution in [2.24, 2.45) is 0 Å². The van der Waals surface area contributed by atoms with Crippen molar-refractivity contribution in [3.63, 3.8) is 0 Å². The highest BCUT2D eigenvalue weighted by Gasteiger charge is 2.29. The Labute approximate surface area is 146 Å². The van der Waals surface area contributed by atoms with Gasteiger partial charge in [0.05, 0.1) is 12.6 Å². The van der Waals surface area contributed by atoms with Crippen LogP contribution >= 0.6 is 11.3 Å². The average Bonchev–Trinajstić information content (AvgIpc) is 3.09. The van der Waals surface area contributed by atoms with Gasteiger partial charge < -0.3 is 14.5 Å². The average molecular weight is 346 g/mol. The number of morpholine rings is 1. The van der Waals surface area contributed by atoms with Crippen LogP contribution in [0.25, 0.3) is 0 Å². The van der Waals surface area contributed by atoms with Crippen molar-refractivity contribution in [3.05, 3.63) is 40.6 Å². The second-order valence-corrected chi connectivity index (χ2v) is 6.88. The molecule has 3 rings (SSSR count). The van der Waals surface area contributed by atoms with Gasteiger partial charge >= 0.3 is 6.03 Å². The predicted octanol–water partition coefficient (Wildman–Crippen LogP) is 3.20. The molecular formula is C17H22N4O2S. The molecule has 1 aliphatic heterocycles. The number of aromatic nitrogens is 1. The summed E-state index contributed by atoms with van der Waals surface area (Å²) in [6.45, 7) is 3.10. The predicted molar refractivity (Wildman–Crippen MR) is 96.8 cm³/mol. The molecule has 0 saturated carbocycles. The van der Waals surface area contributed by atoms with Crippen molar-refractivity contribution >= 4 is 29.0 Å². The summed E-state index contributed by atoms with van der Waals surface area (Å²) in [7, 11) is 3.84. The lowest BCUT2D eigenvalue weighted by Crippen LogP contribution is -2.47. The third kappa shape index (κ3) is 3.85. The van der Waals surface area contributed by atoms with Crippen LogP contribution in [0.4, 0.5) is 16.4 Å². The van der Waals surface area contributed by atoms with E-state index in [1.165, 1.54) is 0 Å². The minimum Gasteiger partial charge on any atom is -0.367 e. The number of hydrogen-bond acceptors (Lipinski definition) is 5. The maximum absolute atomic E-state index is 12.6. The van der Waals surface area contributed by atoms with E-state index >= 15 is 0 Å². The van der Waals surface area contributed by atoms with Gasteiger partial charge in [-0.2, -0.15) is 11.3 Å². The van der Waals surface area contributed by atoms with E-state index in [2.05, 4.69) is 15.7 Å². The van der Waals surface area contributed by atoms with Crippen molar-refractivity contribution in [2.75, 3.05) is 37.4 Å². The van der Waals surface area contributed by atoms with E-state index in [0.29, 0.717) is 18.9 Å². The van der Waals surface area contributed by atoms with E-state index in [1.807, 2.05) is 49.5 Å². The lowest BCUT2D eigenvalue weighted by Gasteiger charge is -2.36. The van der Waals surface area contributed by atoms with Crippen molar-refractivity contribution in [3.8, 4) is 0 Å². The highest BCUT2D eigenvalue weighted by molar-refractivity contribution is 7.07. The lowest BCUT2D eigenvalue weighted by atomic mass is 10.1. The van der Waals surface area contributed by atoms with Crippen LogP contribution in [-0.2, 0) is 4.74 Å². The Morgan fingerprint density at radius 1 is 1.38 bits per heavy atom. The fraction of sp³-hybridized carbons (Fsp3) is 0.412. The molecular weight excluding hydrogens is 324 g/mol. The van der Waals surface area contributed by atoms with Crippen molar-refractivity contribution < 1.29 is 9.53 Å². The molecule has 24 heavy (non-hydrogen) atoms. The normalized spacial score (nSPS) is 20.7. The monoisotopic (exact) mass is 346 g/mol. The fourth-order valence-electron chi connectivity index (χ4n) is 2.69. The van der Waals surface area contributed by atoms with E-state index in [4.69, 9.17) is 4.74 Å². The molecule has 3 heterocycles. The van der Waals surface area contributed by atoms with E-state index in [1.54, 1.807) is 22.3 Å². The fourth-order valence-corrected chi connectivity index (χ4v) is 3.39. The third-order valence-electron chi connectivity index (χ3n) is 3.89. The van der Waals surface area contributed by atoms with E-state index in [9.17, 15) is 4.79 Å². The summed E-state index contributed by atoms with van der Waals surface area (Å²) < 4.78 is 5.97. The van der Waals surface area contributed by atoms with E-state index in [-0.39, 0.29) is 18.2 Å². The Morgan fingerprint density at radius 2 is 2.21 bits per heavy atom. The van der Waals surface area contributed by atoms with Gasteiger partial charge in [0.1, 0.15) is 17.7 Å². The van der Waals surface area contributed by atoms with Gasteiger partial charge in [-0.25, -0.2) is 9.78 Å². The zero-order valence-electron chi connectivity index (χ0n) is 14.1. The van der Waals surface area contributed by atoms with Crippen LogP contribution in [0, 0.1) is 0 Å². The molecule has 1 fully saturated rings. The Balaban J connectivity index is 1.69. The van der Waals surface area contributed by atoms with Crippen LogP contribution in [0.1, 0.15) is 18.6 Å². The molecule has 0 bridgehead atoms. The first-order valence-corrected chi connectivity index (χ1v) is 8.85. The van der Waals surface area contributed by atoms with Crippen LogP contribution < -0.4 is 10.2 Å². The number of carbonyl (C=O) groups excluding carboxylic acids is 1. The lowest BCUT2D eigenvalue weighted by molar-refractivity contribution is -0.0640. The summed E-state index contributed by atoms with van der Waals surface area (Å²) in [5, 5.41) is 6.99. The first-order chi connectivity index (χ1) is 11.5. The van der Waals surface area contributed by atoms with Gasteiger partial charge in [-0.1, -0.05) is 6.07 Å². The van der Waals surface area contributed by atoms with Gasteiger partial charge in [0, 0.05) is 20.6 Å². The third-order valence-corrected chi connectivity index (χ3v) is 4.59. The van der Waals surface area contributed by atoms with Crippen LogP contribution in [-0.4, -0.2) is 49.2 Å². The van der Waals surface area contributed by atoms with E-state index in [0.717, 1.165) is 11.4 Å². The summed E-state index contributed by atoms with van der Waals surface area (Å²) in [6, 6.07) is 7.48. The Morgan fingerprint density at radius 3 is 2.92 bits per heavy atom. The number of urea groups is 1. The van der Waals surface area contributed by atoms with Crippen LogP contribution in [0.5, 0.6) is 0 Å². The quantitative estimate of drug-likeness (QED) is 0.927. The second kappa shape index (κ2) is 7.19. The molecule has 2 unspecified atom stereocenters. The number of hydrogen-bond donors (Lipinski definition) is 1. The molecule has 1 N–H and O–H groups in total. The van der Waals surface area contributed by atoms with Gasteiger partial charge in [-0.05, 0) is 41.4 Å². The first-order valence-electron chi connectivity index (χ1n) is 7.91. The van der Waals surface area contributed by atoms with Gasteiger partial charge in [0.15, 0.2) is 0 Å². The molecule has 2 amide bonds. The number of pyridine rings is 1. The highest BCUT2D eigenvalue weighted by atomic mass is 32.1. The largest absolute Gasteiger partial charge is 0.367 e. The Bertz CT molecular complexity index is 690. The molecule has 7 heteroatoms. The number of carbonyl (C=O) groups is 1. The smallest absolute Gasteiger partial charge is 0.323 e. The molecule has 6 nitrogen and oxygen atoms in total. The van der Waals surface area contributed by atoms with Crippen LogP contribution in [0.3, 0.4) is 0 Å². The minimum atomic E-state index is -0.145. The first kappa shape index (κ1) is 16.7. The molecule has 0 aliphatic carbocycles. The number of nitrogens with one attached hydrogen (secondary N) is 1. The highest BCUT2D eigenvalue weighted by Crippen LogP contribution is 2.27. The van der Waals surface area contributed by atoms with Crippen LogP contribution in [0.15, 0.2) is 35.0 Å². The zero-order valence-corrected chi connectivity index (χ0v) is 14.9. The van der Waals surface area contributed by atoms with Gasteiger partial charge in [0.2, 0.25) is 0 Å². The number of amides is 2. The Hall–Kier alpha value is -2.12. The number of anilines is 2. The molecule has 128 valence electrons. The molecule has 0 radical (unpaired) electrons. The summed E-state index contributed by atoms with van der Waals surface area (Å²) in [4.78, 5) is 20.7. The summed E-state index contributed by atoms with van der Waals surface area (Å²) in [5.74, 6) is 1.36. The van der Waals surface area contributed by atoms with Gasteiger partial charge in [0.25, 0.3) is 0 Å². The molecule has 2 atom stereocenters. The molecule has 0 aromatic carbocycles. The second-order valence-electron chi connectivity index (χ2n) is 6.10. The van der Waals surface area contributed by atoms with Crippen molar-refractivity contribution in [1.82, 2.24) is 9.88 Å². The molecule has 1 aliphatic rings. The van der Waals surface area contributed by atoms with Crippen molar-refractivity contribution in [2.45, 2.75) is 19.1 Å². The maximum Gasteiger partial charge on any atom is 0.323 e. The van der Waals surface area contributed by atoms with E-state index < -0.39 is 0 Å². The van der Waals surface area contributed by atoms with Gasteiger partial charge in [-0.3, -0.25) is 5.32 Å². The van der Waals surface area contributed by atoms with Gasteiger partial charge in [-0.15, -0.1) is 0 Å². The zero-order chi connectivity index (χ0) is 17.1. The topological polar surface area (TPSA) is 57.7 Å². The number of rotatable bonds is 3. The van der Waals surface area contributed by atoms with Crippen LogP contribution in [0.2, 0.25) is 0 Å². The molecule has 2 aromatic rings. The number of ether oxygens (including phenoxy) is 1. The molecule has 2 aromatic heterocycles. The minimum absolute atomic E-state index is 0.00420. The standard InChI is InChI=1S/C17H22N4O2S/c1-12-9-21(10-14(23-12)13-7-8-24-11-13)17(22)19-15-5-4-6-16(18-15)20(2)3/h4-8,11-12,14H,9-10H2,1-3H3,(H,18,19,22). The maximum atomic E-state index is 12.6.